The Morgan fingerprint density at radius 2 is 2.42 bits per heavy atom. The molecule has 0 saturated heterocycles. The first-order valence-electron chi connectivity index (χ1n) is 3.93. The lowest BCUT2D eigenvalue weighted by Crippen LogP contribution is -1.89. The van der Waals surface area contributed by atoms with Crippen LogP contribution >= 0.6 is 0 Å². The fourth-order valence-corrected chi connectivity index (χ4v) is 1.37. The van der Waals surface area contributed by atoms with Crippen molar-refractivity contribution in [3.8, 4) is 0 Å². The van der Waals surface area contributed by atoms with E-state index in [0.717, 1.165) is 17.4 Å². The van der Waals surface area contributed by atoms with Crippen molar-refractivity contribution in [1.82, 2.24) is 9.97 Å². The quantitative estimate of drug-likeness (QED) is 0.643. The normalized spacial score (nSPS) is 10.8. The van der Waals surface area contributed by atoms with Gasteiger partial charge < -0.3 is 4.98 Å². The second kappa shape index (κ2) is 2.59. The van der Waals surface area contributed by atoms with Crippen LogP contribution in [0.25, 0.3) is 11.0 Å². The minimum Gasteiger partial charge on any atom is -0.346 e. The van der Waals surface area contributed by atoms with E-state index in [9.17, 15) is 4.39 Å². The van der Waals surface area contributed by atoms with Gasteiger partial charge in [-0.3, -0.25) is 0 Å². The second-order valence-corrected chi connectivity index (χ2v) is 2.70. The van der Waals surface area contributed by atoms with Crippen LogP contribution in [0.3, 0.4) is 0 Å². The third kappa shape index (κ3) is 0.978. The van der Waals surface area contributed by atoms with Crippen molar-refractivity contribution in [1.29, 1.82) is 0 Å². The summed E-state index contributed by atoms with van der Waals surface area (Å²) in [4.78, 5) is 6.61. The van der Waals surface area contributed by atoms with Crippen molar-refractivity contribution < 1.29 is 4.39 Å². The lowest BCUT2D eigenvalue weighted by Gasteiger charge is -1.98. The molecule has 0 aliphatic rings. The molecule has 2 rings (SSSR count). The maximum Gasteiger partial charge on any atom is 0.215 e. The van der Waals surface area contributed by atoms with Crippen molar-refractivity contribution in [2.75, 3.05) is 0 Å². The number of H-pyrrole nitrogens is 1. The SMILES string of the molecule is CCc1cc(F)nc2[nH]ccc12. The molecule has 0 radical (unpaired) electrons. The number of fused-ring (bicyclic) bond motifs is 1. The van der Waals surface area contributed by atoms with Gasteiger partial charge in [-0.05, 0) is 24.1 Å². The minimum atomic E-state index is -0.415. The highest BCUT2D eigenvalue weighted by Crippen LogP contribution is 2.16. The molecule has 0 saturated carbocycles. The molecule has 0 unspecified atom stereocenters. The molecule has 0 aliphatic carbocycles. The highest BCUT2D eigenvalue weighted by molar-refractivity contribution is 5.79. The van der Waals surface area contributed by atoms with E-state index in [-0.39, 0.29) is 0 Å². The summed E-state index contributed by atoms with van der Waals surface area (Å²) >= 11 is 0. The summed E-state index contributed by atoms with van der Waals surface area (Å²) in [5.41, 5.74) is 1.63. The second-order valence-electron chi connectivity index (χ2n) is 2.70. The number of aromatic nitrogens is 2. The minimum absolute atomic E-state index is 0.415. The molecule has 1 N–H and O–H groups in total. The van der Waals surface area contributed by atoms with Gasteiger partial charge in [-0.15, -0.1) is 0 Å². The molecule has 12 heavy (non-hydrogen) atoms. The van der Waals surface area contributed by atoms with Crippen molar-refractivity contribution in [3.63, 3.8) is 0 Å². The Balaban J connectivity index is 2.80. The highest BCUT2D eigenvalue weighted by atomic mass is 19.1. The Bertz CT molecular complexity index is 406. The van der Waals surface area contributed by atoms with Crippen LogP contribution in [0.15, 0.2) is 18.3 Å². The van der Waals surface area contributed by atoms with Crippen LogP contribution in [0.5, 0.6) is 0 Å². The van der Waals surface area contributed by atoms with E-state index < -0.39 is 5.95 Å². The zero-order valence-corrected chi connectivity index (χ0v) is 6.76. The molecular formula is C9H9FN2. The Morgan fingerprint density at radius 1 is 1.58 bits per heavy atom. The Labute approximate surface area is 69.4 Å². The van der Waals surface area contributed by atoms with Crippen molar-refractivity contribution >= 4 is 11.0 Å². The lowest BCUT2D eigenvalue weighted by atomic mass is 10.1. The number of nitrogens with one attached hydrogen (secondary N) is 1. The molecule has 0 bridgehead atoms. The maximum absolute atomic E-state index is 12.8. The van der Waals surface area contributed by atoms with E-state index in [2.05, 4.69) is 9.97 Å². The van der Waals surface area contributed by atoms with Gasteiger partial charge in [-0.25, -0.2) is 4.98 Å². The fraction of sp³-hybridized carbons (Fsp3) is 0.222. The molecule has 2 aromatic rings. The monoisotopic (exact) mass is 164 g/mol. The van der Waals surface area contributed by atoms with Gasteiger partial charge in [0.25, 0.3) is 0 Å². The molecule has 0 aliphatic heterocycles. The number of halogens is 1. The molecule has 0 aromatic carbocycles. The predicted molar refractivity (Wildman–Crippen MR) is 45.4 cm³/mol. The molecular weight excluding hydrogens is 155 g/mol. The first-order valence-corrected chi connectivity index (χ1v) is 3.93. The Morgan fingerprint density at radius 3 is 3.17 bits per heavy atom. The third-order valence-electron chi connectivity index (χ3n) is 1.96. The Kier molecular flexibility index (Phi) is 1.57. The number of pyridine rings is 1. The highest BCUT2D eigenvalue weighted by Gasteiger charge is 2.03. The summed E-state index contributed by atoms with van der Waals surface area (Å²) in [6.07, 6.45) is 2.60. The van der Waals surface area contributed by atoms with Crippen LogP contribution in [0, 0.1) is 5.95 Å². The first-order chi connectivity index (χ1) is 5.81. The average Bonchev–Trinajstić information content (AvgIpc) is 2.50. The Hall–Kier alpha value is -1.38. The van der Waals surface area contributed by atoms with E-state index in [1.54, 1.807) is 6.20 Å². The number of hydrogen-bond acceptors (Lipinski definition) is 1. The molecule has 0 spiro atoms. The van der Waals surface area contributed by atoms with Gasteiger partial charge in [-0.2, -0.15) is 4.39 Å². The molecule has 2 nitrogen and oxygen atoms in total. The van der Waals surface area contributed by atoms with Gasteiger partial charge in [0.2, 0.25) is 5.95 Å². The van der Waals surface area contributed by atoms with Gasteiger partial charge in [-0.1, -0.05) is 6.92 Å². The molecule has 0 fully saturated rings. The zero-order valence-electron chi connectivity index (χ0n) is 6.76. The molecule has 2 aromatic heterocycles. The molecule has 0 atom stereocenters. The van der Waals surface area contributed by atoms with Gasteiger partial charge in [0, 0.05) is 11.6 Å². The lowest BCUT2D eigenvalue weighted by molar-refractivity contribution is 0.586. The zero-order chi connectivity index (χ0) is 8.55. The number of hydrogen-bond donors (Lipinski definition) is 1. The van der Waals surface area contributed by atoms with Crippen LogP contribution < -0.4 is 0 Å². The van der Waals surface area contributed by atoms with E-state index in [1.807, 2.05) is 13.0 Å². The summed E-state index contributed by atoms with van der Waals surface area (Å²) in [7, 11) is 0. The summed E-state index contributed by atoms with van der Waals surface area (Å²) in [6.45, 7) is 2.00. The van der Waals surface area contributed by atoms with Crippen molar-refractivity contribution in [3.05, 3.63) is 29.8 Å². The van der Waals surface area contributed by atoms with E-state index >= 15 is 0 Å². The molecule has 62 valence electrons. The molecule has 3 heteroatoms. The number of nitrogens with zero attached hydrogens (tertiary/aromatic N) is 1. The van der Waals surface area contributed by atoms with Crippen LogP contribution in [-0.4, -0.2) is 9.97 Å². The summed E-state index contributed by atoms with van der Waals surface area (Å²) < 4.78 is 12.8. The summed E-state index contributed by atoms with van der Waals surface area (Å²) in [6, 6.07) is 3.40. The van der Waals surface area contributed by atoms with E-state index in [4.69, 9.17) is 0 Å². The van der Waals surface area contributed by atoms with Crippen molar-refractivity contribution in [2.24, 2.45) is 0 Å². The number of rotatable bonds is 1. The fourth-order valence-electron chi connectivity index (χ4n) is 1.37. The topological polar surface area (TPSA) is 28.7 Å². The third-order valence-corrected chi connectivity index (χ3v) is 1.96. The van der Waals surface area contributed by atoms with Gasteiger partial charge >= 0.3 is 0 Å². The van der Waals surface area contributed by atoms with Crippen LogP contribution in [0.2, 0.25) is 0 Å². The number of aryl methyl sites for hydroxylation is 1. The van der Waals surface area contributed by atoms with Gasteiger partial charge in [0.05, 0.1) is 0 Å². The maximum atomic E-state index is 12.8. The summed E-state index contributed by atoms with van der Waals surface area (Å²) in [5.74, 6) is -0.415. The van der Waals surface area contributed by atoms with Crippen molar-refractivity contribution in [2.45, 2.75) is 13.3 Å². The van der Waals surface area contributed by atoms with Crippen LogP contribution in [0.4, 0.5) is 4.39 Å². The van der Waals surface area contributed by atoms with Crippen LogP contribution in [0.1, 0.15) is 12.5 Å². The standard InChI is InChI=1S/C9H9FN2/c1-2-6-5-8(10)12-9-7(6)3-4-11-9/h3-5H,2H2,1H3,(H,11,12). The smallest absolute Gasteiger partial charge is 0.215 e. The number of aromatic amines is 1. The summed E-state index contributed by atoms with van der Waals surface area (Å²) in [5, 5.41) is 1.01. The average molecular weight is 164 g/mol. The molecule has 0 amide bonds. The predicted octanol–water partition coefficient (Wildman–Crippen LogP) is 2.26. The van der Waals surface area contributed by atoms with Gasteiger partial charge in [0.1, 0.15) is 5.65 Å². The first kappa shape index (κ1) is 7.28. The van der Waals surface area contributed by atoms with E-state index in [0.29, 0.717) is 5.65 Å². The molecule has 2 heterocycles. The van der Waals surface area contributed by atoms with Crippen LogP contribution in [-0.2, 0) is 6.42 Å². The largest absolute Gasteiger partial charge is 0.346 e. The van der Waals surface area contributed by atoms with E-state index in [1.165, 1.54) is 6.07 Å². The van der Waals surface area contributed by atoms with Gasteiger partial charge in [0.15, 0.2) is 0 Å².